The quantitative estimate of drug-likeness (QED) is 0.669. The lowest BCUT2D eigenvalue weighted by atomic mass is 10.1. The Kier molecular flexibility index (Phi) is 3.23. The van der Waals surface area contributed by atoms with Gasteiger partial charge >= 0.3 is 0 Å². The normalized spacial score (nSPS) is 23.9. The molecule has 0 bridgehead atoms. The fourth-order valence-corrected chi connectivity index (χ4v) is 1.92. The summed E-state index contributed by atoms with van der Waals surface area (Å²) in [5, 5.41) is 9.38. The number of carbonyl (C=O) groups excluding carboxylic acids is 1. The average Bonchev–Trinajstić information content (AvgIpc) is 2.37. The van der Waals surface area contributed by atoms with E-state index in [0.29, 0.717) is 0 Å². The number of Topliss-reactive ketones (excluding diaryl/α,β-unsaturated/α-hetero) is 1. The van der Waals surface area contributed by atoms with Crippen LogP contribution in [0.25, 0.3) is 0 Å². The highest BCUT2D eigenvalue weighted by molar-refractivity contribution is 5.82. The molecule has 0 aromatic rings. The molecule has 1 aliphatic heterocycles. The number of carbonyl (C=O) groups is 1. The van der Waals surface area contributed by atoms with Crippen molar-refractivity contribution in [2.45, 2.75) is 38.8 Å². The molecule has 0 aromatic heterocycles. The number of hydrogen-bond donors (Lipinski definition) is 1. The predicted molar refractivity (Wildman–Crippen MR) is 47.0 cm³/mol. The molecule has 2 atom stereocenters. The van der Waals surface area contributed by atoms with Crippen LogP contribution in [0.5, 0.6) is 0 Å². The summed E-state index contributed by atoms with van der Waals surface area (Å²) in [5.41, 5.74) is 0. The summed E-state index contributed by atoms with van der Waals surface area (Å²) in [6.07, 6.45) is 1.76. The molecular formula is C9H17NO2. The second kappa shape index (κ2) is 4.01. The van der Waals surface area contributed by atoms with Crippen LogP contribution in [0, 0.1) is 0 Å². The Morgan fingerprint density at radius 1 is 1.42 bits per heavy atom. The van der Waals surface area contributed by atoms with Gasteiger partial charge in [-0.25, -0.2) is 0 Å². The molecule has 1 N–H and O–H groups in total. The predicted octanol–water partition coefficient (Wildman–Crippen LogP) is 0.421. The standard InChI is InChI=1S/C9H17NO2/c1-7(11)9(8(2)12)10-5-3-4-6-10/h7,9,11H,3-6H2,1-2H3/t7?,9-/m0/s1. The second-order valence-corrected chi connectivity index (χ2v) is 3.54. The first kappa shape index (κ1) is 9.68. The number of aliphatic hydroxyl groups excluding tert-OH is 1. The zero-order valence-electron chi connectivity index (χ0n) is 7.79. The first-order valence-corrected chi connectivity index (χ1v) is 4.55. The summed E-state index contributed by atoms with van der Waals surface area (Å²) in [7, 11) is 0. The maximum atomic E-state index is 11.2. The molecule has 1 aliphatic rings. The molecule has 70 valence electrons. The van der Waals surface area contributed by atoms with Crippen molar-refractivity contribution in [2.24, 2.45) is 0 Å². The van der Waals surface area contributed by atoms with Crippen molar-refractivity contribution in [1.29, 1.82) is 0 Å². The van der Waals surface area contributed by atoms with Crippen molar-refractivity contribution in [3.05, 3.63) is 0 Å². The van der Waals surface area contributed by atoms with Gasteiger partial charge in [0.05, 0.1) is 12.1 Å². The van der Waals surface area contributed by atoms with Gasteiger partial charge in [0.2, 0.25) is 0 Å². The minimum atomic E-state index is -0.541. The fourth-order valence-electron chi connectivity index (χ4n) is 1.92. The number of rotatable bonds is 3. The van der Waals surface area contributed by atoms with Crippen molar-refractivity contribution in [3.8, 4) is 0 Å². The number of aliphatic hydroxyl groups is 1. The first-order valence-electron chi connectivity index (χ1n) is 4.55. The Labute approximate surface area is 73.4 Å². The molecule has 0 aliphatic carbocycles. The molecule has 0 amide bonds. The zero-order valence-corrected chi connectivity index (χ0v) is 7.79. The van der Waals surface area contributed by atoms with Crippen LogP contribution in [-0.2, 0) is 4.79 Å². The van der Waals surface area contributed by atoms with Crippen LogP contribution in [0.4, 0.5) is 0 Å². The third-order valence-electron chi connectivity index (χ3n) is 2.41. The second-order valence-electron chi connectivity index (χ2n) is 3.54. The van der Waals surface area contributed by atoms with Gasteiger partial charge in [-0.15, -0.1) is 0 Å². The van der Waals surface area contributed by atoms with Crippen LogP contribution in [0.2, 0.25) is 0 Å². The molecule has 0 aromatic carbocycles. The van der Waals surface area contributed by atoms with E-state index in [-0.39, 0.29) is 11.8 Å². The van der Waals surface area contributed by atoms with Crippen molar-refractivity contribution < 1.29 is 9.90 Å². The molecule has 1 unspecified atom stereocenters. The van der Waals surface area contributed by atoms with Gasteiger partial charge in [0, 0.05) is 0 Å². The van der Waals surface area contributed by atoms with Crippen molar-refractivity contribution in [1.82, 2.24) is 4.90 Å². The Morgan fingerprint density at radius 3 is 2.25 bits per heavy atom. The maximum absolute atomic E-state index is 11.2. The van der Waals surface area contributed by atoms with E-state index in [2.05, 4.69) is 4.90 Å². The number of likely N-dealkylation sites (tertiary alicyclic amines) is 1. The summed E-state index contributed by atoms with van der Waals surface area (Å²) >= 11 is 0. The lowest BCUT2D eigenvalue weighted by Crippen LogP contribution is -2.45. The fraction of sp³-hybridized carbons (Fsp3) is 0.889. The third kappa shape index (κ3) is 2.05. The monoisotopic (exact) mass is 171 g/mol. The van der Waals surface area contributed by atoms with Gasteiger partial charge in [0.1, 0.15) is 5.78 Å². The van der Waals surface area contributed by atoms with E-state index in [1.807, 2.05) is 0 Å². The van der Waals surface area contributed by atoms with Gasteiger partial charge in [-0.2, -0.15) is 0 Å². The van der Waals surface area contributed by atoms with E-state index < -0.39 is 6.10 Å². The van der Waals surface area contributed by atoms with Crippen LogP contribution in [0.3, 0.4) is 0 Å². The van der Waals surface area contributed by atoms with E-state index in [4.69, 9.17) is 0 Å². The smallest absolute Gasteiger partial charge is 0.149 e. The van der Waals surface area contributed by atoms with Crippen LogP contribution in [0.1, 0.15) is 26.7 Å². The molecule has 3 nitrogen and oxygen atoms in total. The minimum Gasteiger partial charge on any atom is -0.391 e. The summed E-state index contributed by atoms with van der Waals surface area (Å²) in [5.74, 6) is 0.0758. The highest BCUT2D eigenvalue weighted by atomic mass is 16.3. The van der Waals surface area contributed by atoms with Gasteiger partial charge < -0.3 is 5.11 Å². The number of nitrogens with zero attached hydrogens (tertiary/aromatic N) is 1. The molecule has 3 heteroatoms. The van der Waals surface area contributed by atoms with E-state index in [9.17, 15) is 9.90 Å². The van der Waals surface area contributed by atoms with Gasteiger partial charge in [-0.3, -0.25) is 9.69 Å². The molecule has 1 heterocycles. The van der Waals surface area contributed by atoms with Crippen LogP contribution < -0.4 is 0 Å². The first-order chi connectivity index (χ1) is 5.63. The average molecular weight is 171 g/mol. The number of ketones is 1. The van der Waals surface area contributed by atoms with Gasteiger partial charge in [-0.05, 0) is 39.8 Å². The maximum Gasteiger partial charge on any atom is 0.149 e. The highest BCUT2D eigenvalue weighted by Crippen LogP contribution is 2.14. The summed E-state index contributed by atoms with van der Waals surface area (Å²) < 4.78 is 0. The molecule has 0 radical (unpaired) electrons. The summed E-state index contributed by atoms with van der Waals surface area (Å²) in [6, 6.07) is -0.271. The molecule has 1 saturated heterocycles. The van der Waals surface area contributed by atoms with E-state index in [1.165, 1.54) is 0 Å². The van der Waals surface area contributed by atoms with Crippen LogP contribution >= 0.6 is 0 Å². The highest BCUT2D eigenvalue weighted by Gasteiger charge is 2.28. The minimum absolute atomic E-state index is 0.0758. The summed E-state index contributed by atoms with van der Waals surface area (Å²) in [4.78, 5) is 13.2. The Bertz CT molecular complexity index is 162. The Morgan fingerprint density at radius 2 is 1.92 bits per heavy atom. The van der Waals surface area contributed by atoms with Gasteiger partial charge in [0.25, 0.3) is 0 Å². The molecule has 1 fully saturated rings. The third-order valence-corrected chi connectivity index (χ3v) is 2.41. The largest absolute Gasteiger partial charge is 0.391 e. The molecule has 0 saturated carbocycles. The molecule has 12 heavy (non-hydrogen) atoms. The molecular weight excluding hydrogens is 154 g/mol. The van der Waals surface area contributed by atoms with E-state index in [0.717, 1.165) is 25.9 Å². The SMILES string of the molecule is CC(=O)[C@H](C(C)O)N1CCCC1. The zero-order chi connectivity index (χ0) is 9.14. The topological polar surface area (TPSA) is 40.5 Å². The number of hydrogen-bond acceptors (Lipinski definition) is 3. The molecule has 0 spiro atoms. The Balaban J connectivity index is 2.58. The van der Waals surface area contributed by atoms with Crippen molar-refractivity contribution in [3.63, 3.8) is 0 Å². The van der Waals surface area contributed by atoms with Crippen molar-refractivity contribution in [2.75, 3.05) is 13.1 Å². The van der Waals surface area contributed by atoms with E-state index in [1.54, 1.807) is 13.8 Å². The van der Waals surface area contributed by atoms with Crippen LogP contribution in [0.15, 0.2) is 0 Å². The van der Waals surface area contributed by atoms with E-state index >= 15 is 0 Å². The van der Waals surface area contributed by atoms with Crippen molar-refractivity contribution >= 4 is 5.78 Å². The summed E-state index contributed by atoms with van der Waals surface area (Å²) in [6.45, 7) is 5.14. The van der Waals surface area contributed by atoms with Gasteiger partial charge in [-0.1, -0.05) is 0 Å². The van der Waals surface area contributed by atoms with Crippen LogP contribution in [-0.4, -0.2) is 41.0 Å². The van der Waals surface area contributed by atoms with Gasteiger partial charge in [0.15, 0.2) is 0 Å². The lowest BCUT2D eigenvalue weighted by molar-refractivity contribution is -0.125. The lowest BCUT2D eigenvalue weighted by Gasteiger charge is -2.27. The Hall–Kier alpha value is -0.410. The molecule has 1 rings (SSSR count).